The van der Waals surface area contributed by atoms with Crippen LogP contribution in [-0.4, -0.2) is 41.1 Å². The highest BCUT2D eigenvalue weighted by Gasteiger charge is 2.43. The number of nitrogens with one attached hydrogen (secondary N) is 1. The molecule has 2 amide bonds. The highest BCUT2D eigenvalue weighted by atomic mass is 35.5. The van der Waals surface area contributed by atoms with Crippen LogP contribution in [0, 0.1) is 0 Å². The largest absolute Gasteiger partial charge is 0.351 e. The zero-order valence-corrected chi connectivity index (χ0v) is 15.0. The van der Waals surface area contributed by atoms with Crippen molar-refractivity contribution in [2.24, 2.45) is 0 Å². The molecule has 2 aliphatic heterocycles. The molecule has 0 saturated carbocycles. The molecule has 2 aliphatic rings. The van der Waals surface area contributed by atoms with Crippen molar-refractivity contribution in [2.45, 2.75) is 24.9 Å². The van der Waals surface area contributed by atoms with Crippen LogP contribution in [0.4, 0.5) is 16.3 Å². The monoisotopic (exact) mass is 376 g/mol. The molecule has 1 N–H and O–H groups in total. The van der Waals surface area contributed by atoms with Crippen molar-refractivity contribution in [1.82, 2.24) is 9.88 Å². The summed E-state index contributed by atoms with van der Waals surface area (Å²) in [5.41, 5.74) is 0.754. The number of aromatic nitrogens is 1. The van der Waals surface area contributed by atoms with Gasteiger partial charge in [0.15, 0.2) is 0 Å². The zero-order valence-electron chi connectivity index (χ0n) is 13.5. The summed E-state index contributed by atoms with van der Waals surface area (Å²) >= 11 is 12.2. The molecule has 2 aromatic rings. The number of carbonyl (C=O) groups excluding carboxylic acids is 1. The van der Waals surface area contributed by atoms with Crippen LogP contribution in [0.15, 0.2) is 42.6 Å². The maximum Gasteiger partial charge on any atom is 0.322 e. The van der Waals surface area contributed by atoms with Crippen molar-refractivity contribution >= 4 is 40.7 Å². The van der Waals surface area contributed by atoms with E-state index in [1.807, 2.05) is 29.2 Å². The van der Waals surface area contributed by atoms with Crippen LogP contribution in [-0.2, 0) is 0 Å². The van der Waals surface area contributed by atoms with Gasteiger partial charge in [0.25, 0.3) is 0 Å². The number of piperazine rings is 1. The predicted octanol–water partition coefficient (Wildman–Crippen LogP) is 4.27. The minimum atomic E-state index is -0.0541. The van der Waals surface area contributed by atoms with Crippen LogP contribution < -0.4 is 10.2 Å². The van der Waals surface area contributed by atoms with Gasteiger partial charge >= 0.3 is 6.03 Å². The molecule has 25 heavy (non-hydrogen) atoms. The maximum absolute atomic E-state index is 12.7. The number of rotatable bonds is 2. The smallest absolute Gasteiger partial charge is 0.322 e. The van der Waals surface area contributed by atoms with Gasteiger partial charge in [0.2, 0.25) is 0 Å². The Morgan fingerprint density at radius 2 is 1.76 bits per heavy atom. The lowest BCUT2D eigenvalue weighted by atomic mass is 10.2. The minimum absolute atomic E-state index is 0.0541. The molecule has 2 atom stereocenters. The van der Waals surface area contributed by atoms with Gasteiger partial charge in [-0.25, -0.2) is 9.78 Å². The highest BCUT2D eigenvalue weighted by molar-refractivity contribution is 6.33. The molecule has 0 radical (unpaired) electrons. The van der Waals surface area contributed by atoms with Crippen molar-refractivity contribution in [3.05, 3.63) is 52.6 Å². The minimum Gasteiger partial charge on any atom is -0.351 e. The third-order valence-electron chi connectivity index (χ3n) is 4.85. The molecule has 1 aromatic heterocycles. The standard InChI is InChI=1S/C18H18Cl2N4O/c19-12-3-5-13(6-4-12)22-18(25)24-14-7-8-15(24)11-23(10-14)17-16(20)2-1-9-21-17/h1-6,9,14-15H,7-8,10-11H2,(H,22,25). The van der Waals surface area contributed by atoms with Gasteiger partial charge in [0.05, 0.1) is 17.1 Å². The van der Waals surface area contributed by atoms with Crippen LogP contribution in [0.25, 0.3) is 0 Å². The fourth-order valence-corrected chi connectivity index (χ4v) is 4.11. The molecule has 3 heterocycles. The summed E-state index contributed by atoms with van der Waals surface area (Å²) in [5.74, 6) is 0.804. The molecule has 2 saturated heterocycles. The maximum atomic E-state index is 12.7. The van der Waals surface area contributed by atoms with Crippen molar-refractivity contribution in [2.75, 3.05) is 23.3 Å². The SMILES string of the molecule is O=C(Nc1ccc(Cl)cc1)N1C2CCC1CN(c1ncccc1Cl)C2. The Labute approximate surface area is 156 Å². The molecular formula is C18H18Cl2N4O. The van der Waals surface area contributed by atoms with Gasteiger partial charge in [-0.3, -0.25) is 0 Å². The molecule has 4 rings (SSSR count). The first-order valence-electron chi connectivity index (χ1n) is 8.32. The number of fused-ring (bicyclic) bond motifs is 2. The average Bonchev–Trinajstić information content (AvgIpc) is 2.88. The molecule has 5 nitrogen and oxygen atoms in total. The third-order valence-corrected chi connectivity index (χ3v) is 5.40. The van der Waals surface area contributed by atoms with Gasteiger partial charge in [-0.15, -0.1) is 0 Å². The molecule has 0 spiro atoms. The first-order valence-corrected chi connectivity index (χ1v) is 9.08. The third kappa shape index (κ3) is 3.26. The lowest BCUT2D eigenvalue weighted by Gasteiger charge is -2.41. The topological polar surface area (TPSA) is 48.5 Å². The Balaban J connectivity index is 1.48. The molecule has 130 valence electrons. The Kier molecular flexibility index (Phi) is 4.44. The molecule has 1 aromatic carbocycles. The fourth-order valence-electron chi connectivity index (χ4n) is 3.74. The number of nitrogens with zero attached hydrogens (tertiary/aromatic N) is 3. The number of halogens is 2. The summed E-state index contributed by atoms with van der Waals surface area (Å²) in [6.07, 6.45) is 3.75. The van der Waals surface area contributed by atoms with E-state index >= 15 is 0 Å². The van der Waals surface area contributed by atoms with E-state index < -0.39 is 0 Å². The summed E-state index contributed by atoms with van der Waals surface area (Å²) in [5, 5.41) is 4.28. The van der Waals surface area contributed by atoms with Crippen molar-refractivity contribution in [3.8, 4) is 0 Å². The number of hydrogen-bond donors (Lipinski definition) is 1. The number of urea groups is 1. The van der Waals surface area contributed by atoms with Gasteiger partial charge in [0.1, 0.15) is 5.82 Å². The van der Waals surface area contributed by atoms with Gasteiger partial charge in [0, 0.05) is 30.0 Å². The number of anilines is 2. The molecule has 2 fully saturated rings. The van der Waals surface area contributed by atoms with E-state index in [1.165, 1.54) is 0 Å². The van der Waals surface area contributed by atoms with E-state index in [1.54, 1.807) is 18.3 Å². The quantitative estimate of drug-likeness (QED) is 0.850. The number of amides is 2. The summed E-state index contributed by atoms with van der Waals surface area (Å²) in [4.78, 5) is 21.3. The molecule has 2 unspecified atom stereocenters. The molecule has 0 aliphatic carbocycles. The number of carbonyl (C=O) groups is 1. The van der Waals surface area contributed by atoms with Gasteiger partial charge < -0.3 is 15.1 Å². The van der Waals surface area contributed by atoms with Crippen molar-refractivity contribution in [3.63, 3.8) is 0 Å². The summed E-state index contributed by atoms with van der Waals surface area (Å²) in [6.45, 7) is 1.50. The zero-order chi connectivity index (χ0) is 17.4. The van der Waals surface area contributed by atoms with E-state index in [0.29, 0.717) is 10.0 Å². The normalized spacial score (nSPS) is 22.2. The second-order valence-corrected chi connectivity index (χ2v) is 7.29. The van der Waals surface area contributed by atoms with Crippen LogP contribution in [0.1, 0.15) is 12.8 Å². The Hall–Kier alpha value is -1.98. The summed E-state index contributed by atoms with van der Waals surface area (Å²) in [7, 11) is 0. The second kappa shape index (κ2) is 6.73. The Bertz CT molecular complexity index is 769. The molecular weight excluding hydrogens is 359 g/mol. The van der Waals surface area contributed by atoms with Gasteiger partial charge in [-0.2, -0.15) is 0 Å². The predicted molar refractivity (Wildman–Crippen MR) is 101 cm³/mol. The van der Waals surface area contributed by atoms with Crippen LogP contribution >= 0.6 is 23.2 Å². The fraction of sp³-hybridized carbons (Fsp3) is 0.333. The van der Waals surface area contributed by atoms with Crippen molar-refractivity contribution < 1.29 is 4.79 Å². The van der Waals surface area contributed by atoms with E-state index in [2.05, 4.69) is 15.2 Å². The lowest BCUT2D eigenvalue weighted by Crippen LogP contribution is -2.57. The Morgan fingerprint density at radius 1 is 1.08 bits per heavy atom. The lowest BCUT2D eigenvalue weighted by molar-refractivity contribution is 0.175. The summed E-state index contributed by atoms with van der Waals surface area (Å²) < 4.78 is 0. The number of benzene rings is 1. The van der Waals surface area contributed by atoms with Gasteiger partial charge in [-0.1, -0.05) is 23.2 Å². The molecule has 7 heteroatoms. The van der Waals surface area contributed by atoms with Crippen LogP contribution in [0.3, 0.4) is 0 Å². The van der Waals surface area contributed by atoms with E-state index in [0.717, 1.165) is 37.4 Å². The van der Waals surface area contributed by atoms with Gasteiger partial charge in [-0.05, 0) is 49.2 Å². The summed E-state index contributed by atoms with van der Waals surface area (Å²) in [6, 6.07) is 11.1. The van der Waals surface area contributed by atoms with Crippen LogP contribution in [0.5, 0.6) is 0 Å². The second-order valence-electron chi connectivity index (χ2n) is 6.44. The first-order chi connectivity index (χ1) is 12.1. The van der Waals surface area contributed by atoms with Crippen molar-refractivity contribution in [1.29, 1.82) is 0 Å². The van der Waals surface area contributed by atoms with E-state index in [-0.39, 0.29) is 18.1 Å². The van der Waals surface area contributed by atoms with Crippen LogP contribution in [0.2, 0.25) is 10.0 Å². The molecule has 2 bridgehead atoms. The Morgan fingerprint density at radius 3 is 2.40 bits per heavy atom. The van der Waals surface area contributed by atoms with E-state index in [4.69, 9.17) is 23.2 Å². The number of hydrogen-bond acceptors (Lipinski definition) is 3. The first kappa shape index (κ1) is 16.5. The average molecular weight is 377 g/mol. The van der Waals surface area contributed by atoms with E-state index in [9.17, 15) is 4.79 Å². The number of pyridine rings is 1. The highest BCUT2D eigenvalue weighted by Crippen LogP contribution is 2.34.